The van der Waals surface area contributed by atoms with E-state index in [1.807, 2.05) is 0 Å². The van der Waals surface area contributed by atoms with E-state index in [9.17, 15) is 4.39 Å². The third-order valence-electron chi connectivity index (χ3n) is 6.21. The number of rotatable bonds is 6. The average molecular weight is 673 g/mol. The first-order valence-electron chi connectivity index (χ1n) is 12.0. The molecule has 0 aliphatic heterocycles. The van der Waals surface area contributed by atoms with Crippen LogP contribution in [0.15, 0.2) is 115 Å². The molecule has 0 aliphatic rings. The van der Waals surface area contributed by atoms with Crippen LogP contribution in [-0.2, 0) is 25.6 Å². The standard InChI is InChI=1S/C18H15P.C14H11FN.Au/c1-4-10-16(11-5-1)19(17-12-6-2-7-13-17)18-14-8-3-9-15-18;1-3-6-10-9-13(15)12-7-5-8-16-14(12)11(10)4-2;/h1-15H;5,7-9H,3,6H2,1H3;/q;;-1/p+1. The summed E-state index contributed by atoms with van der Waals surface area (Å²) >= 11 is -0.466. The Labute approximate surface area is 221 Å². The van der Waals surface area contributed by atoms with E-state index in [0.717, 1.165) is 24.0 Å². The number of nitrogens with zero attached hydrogens (tertiary/aromatic N) is 1. The van der Waals surface area contributed by atoms with Crippen LogP contribution in [0.3, 0.4) is 0 Å². The quantitative estimate of drug-likeness (QED) is 0.116. The fraction of sp³-hybridized carbons (Fsp3) is 0.0938. The van der Waals surface area contributed by atoms with E-state index in [1.54, 1.807) is 24.4 Å². The van der Waals surface area contributed by atoms with Gasteiger partial charge in [0.1, 0.15) is 0 Å². The van der Waals surface area contributed by atoms with Crippen molar-refractivity contribution in [1.82, 2.24) is 4.98 Å². The molecule has 4 heteroatoms. The zero-order valence-electron chi connectivity index (χ0n) is 20.0. The first-order valence-corrected chi connectivity index (χ1v) is 18.2. The van der Waals surface area contributed by atoms with E-state index < -0.39 is 24.4 Å². The van der Waals surface area contributed by atoms with Gasteiger partial charge >= 0.3 is 223 Å². The minimum atomic E-state index is -2.36. The van der Waals surface area contributed by atoms with Gasteiger partial charge in [0.25, 0.3) is 0 Å². The number of pyridine rings is 1. The third-order valence-corrected chi connectivity index (χ3v) is 18.9. The van der Waals surface area contributed by atoms with Crippen LogP contribution in [0.5, 0.6) is 0 Å². The van der Waals surface area contributed by atoms with Crippen molar-refractivity contribution in [3.63, 3.8) is 0 Å². The monoisotopic (exact) mass is 672 g/mol. The van der Waals surface area contributed by atoms with Gasteiger partial charge in [-0.25, -0.2) is 0 Å². The normalized spacial score (nSPS) is 11.7. The van der Waals surface area contributed by atoms with Crippen LogP contribution in [0.25, 0.3) is 10.9 Å². The van der Waals surface area contributed by atoms with Crippen LogP contribution in [0.4, 0.5) is 4.39 Å². The van der Waals surface area contributed by atoms with E-state index >= 15 is 0 Å². The Bertz CT molecular complexity index is 1430. The second-order valence-electron chi connectivity index (χ2n) is 8.52. The Morgan fingerprint density at radius 3 is 1.86 bits per heavy atom. The van der Waals surface area contributed by atoms with Crippen LogP contribution in [0.1, 0.15) is 24.5 Å². The van der Waals surface area contributed by atoms with Crippen LogP contribution in [0.2, 0.25) is 0 Å². The zero-order valence-corrected chi connectivity index (χ0v) is 23.2. The minimum absolute atomic E-state index is 0.220. The third kappa shape index (κ3) is 4.81. The van der Waals surface area contributed by atoms with Crippen molar-refractivity contribution in [3.05, 3.63) is 132 Å². The summed E-state index contributed by atoms with van der Waals surface area (Å²) in [4.78, 5) is 4.55. The van der Waals surface area contributed by atoms with Crippen molar-refractivity contribution in [2.45, 2.75) is 19.8 Å². The van der Waals surface area contributed by atoms with Gasteiger partial charge in [0.2, 0.25) is 0 Å². The molecule has 0 saturated carbocycles. The van der Waals surface area contributed by atoms with Crippen LogP contribution in [0, 0.1) is 15.9 Å². The molecule has 0 bridgehead atoms. The number of aryl methyl sites for hydroxylation is 1. The van der Waals surface area contributed by atoms with Crippen molar-refractivity contribution in [2.75, 3.05) is 0 Å². The Morgan fingerprint density at radius 2 is 1.33 bits per heavy atom. The van der Waals surface area contributed by atoms with Crippen molar-refractivity contribution in [2.24, 2.45) is 0 Å². The summed E-state index contributed by atoms with van der Waals surface area (Å²) in [6.07, 6.45) is 3.44. The van der Waals surface area contributed by atoms with Gasteiger partial charge in [-0.15, -0.1) is 0 Å². The van der Waals surface area contributed by atoms with Gasteiger partial charge in [0.15, 0.2) is 0 Å². The Kier molecular flexibility index (Phi) is 7.76. The molecule has 5 rings (SSSR count). The number of fused-ring (bicyclic) bond motifs is 1. The molecule has 0 saturated heterocycles. The van der Waals surface area contributed by atoms with Crippen molar-refractivity contribution >= 4 is 32.0 Å². The molecule has 183 valence electrons. The second-order valence-corrected chi connectivity index (χ2v) is 18.6. The molecule has 1 aromatic heterocycles. The van der Waals surface area contributed by atoms with Crippen LogP contribution in [-0.4, -0.2) is 4.98 Å². The summed E-state index contributed by atoms with van der Waals surface area (Å²) < 4.78 is 18.5. The number of benzene rings is 4. The molecule has 0 fully saturated rings. The van der Waals surface area contributed by atoms with Gasteiger partial charge in [-0.1, -0.05) is 0 Å². The van der Waals surface area contributed by atoms with Gasteiger partial charge < -0.3 is 0 Å². The predicted octanol–water partition coefficient (Wildman–Crippen LogP) is 6.36. The molecule has 5 aromatic rings. The van der Waals surface area contributed by atoms with E-state index in [1.165, 1.54) is 15.9 Å². The number of halogens is 1. The first-order chi connectivity index (χ1) is 17.7. The molecule has 0 amide bonds. The van der Waals surface area contributed by atoms with Gasteiger partial charge in [-0.2, -0.15) is 0 Å². The van der Waals surface area contributed by atoms with Crippen molar-refractivity contribution in [3.8, 4) is 10.1 Å². The molecular formula is C32H27AuFNP. The zero-order chi connectivity index (χ0) is 24.8. The molecule has 1 nitrogen and oxygen atoms in total. The van der Waals surface area contributed by atoms with Gasteiger partial charge in [0, 0.05) is 0 Å². The Balaban J connectivity index is 1.71. The molecular weight excluding hydrogens is 645 g/mol. The number of hydrogen-bond acceptors (Lipinski definition) is 1. The molecule has 0 atom stereocenters. The Hall–Kier alpha value is -3.05. The second kappa shape index (κ2) is 11.3. The summed E-state index contributed by atoms with van der Waals surface area (Å²) in [6.45, 7) is 2.11. The summed E-state index contributed by atoms with van der Waals surface area (Å²) in [7, 11) is 0. The Morgan fingerprint density at radius 1 is 0.778 bits per heavy atom. The topological polar surface area (TPSA) is 12.9 Å². The summed E-state index contributed by atoms with van der Waals surface area (Å²) in [5, 5.41) is 2.28. The fourth-order valence-electron chi connectivity index (χ4n) is 4.57. The van der Waals surface area contributed by atoms with E-state index in [-0.39, 0.29) is 5.82 Å². The SMILES string of the molecule is CCCc1cc(F)c2cccnc2c1C#[C][Au][PH](c1ccccc1)(c1ccccc1)c1ccccc1. The molecule has 0 N–H and O–H groups in total. The number of aromatic nitrogens is 1. The maximum absolute atomic E-state index is 14.9. The molecule has 0 unspecified atom stereocenters. The first kappa shape index (κ1) is 24.6. The molecule has 4 aromatic carbocycles. The molecule has 0 spiro atoms. The predicted molar refractivity (Wildman–Crippen MR) is 149 cm³/mol. The molecule has 0 radical (unpaired) electrons. The van der Waals surface area contributed by atoms with Crippen LogP contribution >= 0.6 is 5.15 Å². The average Bonchev–Trinajstić information content (AvgIpc) is 2.94. The van der Waals surface area contributed by atoms with Gasteiger partial charge in [-0.05, 0) is 0 Å². The fourth-order valence-corrected chi connectivity index (χ4v) is 15.8. The molecule has 0 aliphatic carbocycles. The molecule has 1 heterocycles. The summed E-state index contributed by atoms with van der Waals surface area (Å²) in [6, 6.07) is 37.9. The summed E-state index contributed by atoms with van der Waals surface area (Å²) in [5.41, 5.74) is 2.49. The van der Waals surface area contributed by atoms with E-state index in [4.69, 9.17) is 0 Å². The summed E-state index contributed by atoms with van der Waals surface area (Å²) in [5.74, 6) is 3.31. The van der Waals surface area contributed by atoms with E-state index in [0.29, 0.717) is 10.9 Å². The van der Waals surface area contributed by atoms with Crippen molar-refractivity contribution < 1.29 is 23.6 Å². The maximum atomic E-state index is 14.9. The van der Waals surface area contributed by atoms with E-state index in [2.05, 4.69) is 113 Å². The van der Waals surface area contributed by atoms with Crippen molar-refractivity contribution in [1.29, 1.82) is 0 Å². The van der Waals surface area contributed by atoms with Gasteiger partial charge in [0.05, 0.1) is 0 Å². The van der Waals surface area contributed by atoms with Gasteiger partial charge in [-0.3, -0.25) is 0 Å². The van der Waals surface area contributed by atoms with Crippen LogP contribution < -0.4 is 15.9 Å². The molecule has 36 heavy (non-hydrogen) atoms. The number of hydrogen-bond donors (Lipinski definition) is 0.